The van der Waals surface area contributed by atoms with Gasteiger partial charge in [0.05, 0.1) is 6.61 Å². The third kappa shape index (κ3) is 6.06. The van der Waals surface area contributed by atoms with E-state index in [2.05, 4.69) is 11.8 Å². The number of piperidine rings is 1. The predicted molar refractivity (Wildman–Crippen MR) is 88.6 cm³/mol. The first-order valence-electron chi connectivity index (χ1n) is 7.61. The van der Waals surface area contributed by atoms with Crippen LogP contribution in [-0.2, 0) is 0 Å². The Morgan fingerprint density at radius 1 is 1.43 bits per heavy atom. The summed E-state index contributed by atoms with van der Waals surface area (Å²) in [5, 5.41) is 0. The summed E-state index contributed by atoms with van der Waals surface area (Å²) in [6.07, 6.45) is 3.73. The summed E-state index contributed by atoms with van der Waals surface area (Å²) in [5.74, 6) is 1.71. The standard InChI is InChI=1S/C17H25NO2.ClH/c1-14-6-4-9-18(13-14)10-5-11-20-17-8-3-7-16(12-17)15(2)19;/h3,7-8,12,14H,4-6,9-11,13H2,1-2H3;1H. The Labute approximate surface area is 134 Å². The van der Waals surface area contributed by atoms with Gasteiger partial charge in [-0.2, -0.15) is 0 Å². The van der Waals surface area contributed by atoms with Crippen molar-refractivity contribution in [3.63, 3.8) is 0 Å². The quantitative estimate of drug-likeness (QED) is 0.591. The molecule has 1 unspecified atom stereocenters. The summed E-state index contributed by atoms with van der Waals surface area (Å²) >= 11 is 0. The van der Waals surface area contributed by atoms with Gasteiger partial charge in [0.2, 0.25) is 0 Å². The van der Waals surface area contributed by atoms with E-state index in [9.17, 15) is 4.79 Å². The molecule has 4 heteroatoms. The van der Waals surface area contributed by atoms with Crippen LogP contribution in [0.1, 0.15) is 43.5 Å². The van der Waals surface area contributed by atoms with Gasteiger partial charge in [-0.1, -0.05) is 19.1 Å². The topological polar surface area (TPSA) is 29.5 Å². The van der Waals surface area contributed by atoms with Gasteiger partial charge in [0, 0.05) is 18.7 Å². The van der Waals surface area contributed by atoms with E-state index in [-0.39, 0.29) is 18.2 Å². The smallest absolute Gasteiger partial charge is 0.159 e. The van der Waals surface area contributed by atoms with Crippen LogP contribution in [0, 0.1) is 5.92 Å². The van der Waals surface area contributed by atoms with Gasteiger partial charge in [-0.25, -0.2) is 0 Å². The lowest BCUT2D eigenvalue weighted by atomic mass is 10.0. The Morgan fingerprint density at radius 3 is 2.95 bits per heavy atom. The third-order valence-corrected chi connectivity index (χ3v) is 3.87. The van der Waals surface area contributed by atoms with Crippen LogP contribution in [0.2, 0.25) is 0 Å². The van der Waals surface area contributed by atoms with Gasteiger partial charge in [0.25, 0.3) is 0 Å². The van der Waals surface area contributed by atoms with Crippen LogP contribution in [-0.4, -0.2) is 36.9 Å². The fourth-order valence-electron chi connectivity index (χ4n) is 2.77. The van der Waals surface area contributed by atoms with E-state index in [4.69, 9.17) is 4.74 Å². The summed E-state index contributed by atoms with van der Waals surface area (Å²) in [6, 6.07) is 7.43. The number of benzene rings is 1. The van der Waals surface area contributed by atoms with Gasteiger partial charge in [-0.05, 0) is 50.8 Å². The molecule has 0 spiro atoms. The highest BCUT2D eigenvalue weighted by Gasteiger charge is 2.15. The summed E-state index contributed by atoms with van der Waals surface area (Å²) in [5.41, 5.74) is 0.715. The summed E-state index contributed by atoms with van der Waals surface area (Å²) < 4.78 is 5.74. The van der Waals surface area contributed by atoms with Crippen LogP contribution in [0.4, 0.5) is 0 Å². The normalized spacial score (nSPS) is 18.9. The molecule has 1 aromatic rings. The second kappa shape index (κ2) is 9.06. The molecule has 118 valence electrons. The number of carbonyl (C=O) groups is 1. The van der Waals surface area contributed by atoms with Crippen molar-refractivity contribution in [2.24, 2.45) is 5.92 Å². The number of ketones is 1. The molecule has 1 atom stereocenters. The molecular formula is C17H26ClNO2. The van der Waals surface area contributed by atoms with Gasteiger partial charge in [0.15, 0.2) is 5.78 Å². The Hall–Kier alpha value is -1.06. The molecule has 1 aromatic carbocycles. The number of carbonyl (C=O) groups excluding carboxylic acids is 1. The van der Waals surface area contributed by atoms with E-state index in [1.807, 2.05) is 24.3 Å². The van der Waals surface area contributed by atoms with Crippen LogP contribution in [0.15, 0.2) is 24.3 Å². The Bertz CT molecular complexity index is 450. The molecule has 21 heavy (non-hydrogen) atoms. The molecule has 1 saturated heterocycles. The number of likely N-dealkylation sites (tertiary alicyclic amines) is 1. The van der Waals surface area contributed by atoms with Crippen molar-refractivity contribution < 1.29 is 9.53 Å². The molecule has 0 N–H and O–H groups in total. The maximum Gasteiger partial charge on any atom is 0.159 e. The fourth-order valence-corrected chi connectivity index (χ4v) is 2.77. The minimum absolute atomic E-state index is 0. The van der Waals surface area contributed by atoms with Crippen molar-refractivity contribution >= 4 is 18.2 Å². The first-order valence-corrected chi connectivity index (χ1v) is 7.61. The van der Waals surface area contributed by atoms with E-state index in [0.29, 0.717) is 12.2 Å². The van der Waals surface area contributed by atoms with Crippen LogP contribution in [0.3, 0.4) is 0 Å². The second-order valence-corrected chi connectivity index (χ2v) is 5.83. The second-order valence-electron chi connectivity index (χ2n) is 5.83. The zero-order valence-electron chi connectivity index (χ0n) is 13.0. The van der Waals surface area contributed by atoms with Gasteiger partial charge in [0.1, 0.15) is 5.75 Å². The van der Waals surface area contributed by atoms with E-state index >= 15 is 0 Å². The molecule has 2 rings (SSSR count). The first kappa shape index (κ1) is 18.0. The minimum atomic E-state index is 0. The highest BCUT2D eigenvalue weighted by Crippen LogP contribution is 2.16. The molecule has 1 aliphatic rings. The lowest BCUT2D eigenvalue weighted by Crippen LogP contribution is -2.35. The summed E-state index contributed by atoms with van der Waals surface area (Å²) in [4.78, 5) is 13.8. The van der Waals surface area contributed by atoms with Crippen molar-refractivity contribution in [2.45, 2.75) is 33.1 Å². The molecule has 1 aliphatic heterocycles. The molecule has 0 bridgehead atoms. The molecule has 0 radical (unpaired) electrons. The fraction of sp³-hybridized carbons (Fsp3) is 0.588. The average molecular weight is 312 g/mol. The molecule has 0 saturated carbocycles. The number of Topliss-reactive ketones (excluding diaryl/α,β-unsaturated/α-hetero) is 1. The van der Waals surface area contributed by atoms with Crippen LogP contribution >= 0.6 is 12.4 Å². The van der Waals surface area contributed by atoms with Crippen molar-refractivity contribution in [1.82, 2.24) is 4.90 Å². The maximum absolute atomic E-state index is 11.3. The Morgan fingerprint density at radius 2 is 2.24 bits per heavy atom. The van der Waals surface area contributed by atoms with Crippen molar-refractivity contribution in [1.29, 1.82) is 0 Å². The van der Waals surface area contributed by atoms with Crippen LogP contribution < -0.4 is 4.74 Å². The molecular weight excluding hydrogens is 286 g/mol. The van der Waals surface area contributed by atoms with Crippen molar-refractivity contribution in [2.75, 3.05) is 26.2 Å². The monoisotopic (exact) mass is 311 g/mol. The zero-order chi connectivity index (χ0) is 14.4. The lowest BCUT2D eigenvalue weighted by molar-refractivity contribution is 0.101. The van der Waals surface area contributed by atoms with E-state index < -0.39 is 0 Å². The van der Waals surface area contributed by atoms with Crippen molar-refractivity contribution in [3.05, 3.63) is 29.8 Å². The predicted octanol–water partition coefficient (Wildman–Crippen LogP) is 3.81. The van der Waals surface area contributed by atoms with E-state index in [1.54, 1.807) is 6.92 Å². The van der Waals surface area contributed by atoms with Gasteiger partial charge < -0.3 is 9.64 Å². The highest BCUT2D eigenvalue weighted by molar-refractivity contribution is 5.94. The Balaban J connectivity index is 0.00000220. The molecule has 1 fully saturated rings. The molecule has 0 aromatic heterocycles. The minimum Gasteiger partial charge on any atom is -0.494 e. The number of nitrogens with zero attached hydrogens (tertiary/aromatic N) is 1. The molecule has 0 amide bonds. The van der Waals surface area contributed by atoms with E-state index in [1.165, 1.54) is 25.9 Å². The largest absolute Gasteiger partial charge is 0.494 e. The van der Waals surface area contributed by atoms with Gasteiger partial charge in [-0.15, -0.1) is 12.4 Å². The number of hydrogen-bond donors (Lipinski definition) is 0. The number of halogens is 1. The number of ether oxygens (including phenoxy) is 1. The average Bonchev–Trinajstić information content (AvgIpc) is 2.44. The van der Waals surface area contributed by atoms with Gasteiger partial charge in [-0.3, -0.25) is 4.79 Å². The third-order valence-electron chi connectivity index (χ3n) is 3.87. The van der Waals surface area contributed by atoms with Crippen molar-refractivity contribution in [3.8, 4) is 5.75 Å². The molecule has 3 nitrogen and oxygen atoms in total. The summed E-state index contributed by atoms with van der Waals surface area (Å²) in [7, 11) is 0. The van der Waals surface area contributed by atoms with Crippen LogP contribution in [0.5, 0.6) is 5.75 Å². The van der Waals surface area contributed by atoms with E-state index in [0.717, 1.165) is 24.6 Å². The first-order chi connectivity index (χ1) is 9.65. The zero-order valence-corrected chi connectivity index (χ0v) is 13.8. The number of hydrogen-bond acceptors (Lipinski definition) is 3. The number of rotatable bonds is 6. The molecule has 0 aliphatic carbocycles. The maximum atomic E-state index is 11.3. The van der Waals surface area contributed by atoms with Crippen LogP contribution in [0.25, 0.3) is 0 Å². The Kier molecular flexibility index (Phi) is 7.76. The van der Waals surface area contributed by atoms with Gasteiger partial charge >= 0.3 is 0 Å². The SMILES string of the molecule is CC(=O)c1cccc(OCCCN2CCCC(C)C2)c1.Cl. The highest BCUT2D eigenvalue weighted by atomic mass is 35.5. The molecule has 1 heterocycles. The summed E-state index contributed by atoms with van der Waals surface area (Å²) in [6.45, 7) is 8.18. The lowest BCUT2D eigenvalue weighted by Gasteiger charge is -2.30.